The van der Waals surface area contributed by atoms with Crippen molar-refractivity contribution in [2.75, 3.05) is 6.61 Å². The summed E-state index contributed by atoms with van der Waals surface area (Å²) in [7, 11) is 0. The van der Waals surface area contributed by atoms with Gasteiger partial charge in [-0.25, -0.2) is 0 Å². The molecular weight excluding hydrogens is 160 g/mol. The van der Waals surface area contributed by atoms with Crippen LogP contribution < -0.4 is 0 Å². The average Bonchev–Trinajstić information content (AvgIpc) is 2.75. The van der Waals surface area contributed by atoms with Crippen LogP contribution in [0.5, 0.6) is 0 Å². The van der Waals surface area contributed by atoms with Crippen molar-refractivity contribution in [3.8, 4) is 0 Å². The zero-order chi connectivity index (χ0) is 8.84. The first-order chi connectivity index (χ1) is 6.42. The van der Waals surface area contributed by atoms with Crippen LogP contribution in [0.3, 0.4) is 0 Å². The Labute approximate surface area is 80.2 Å². The normalized spacial score (nSPS) is 51.6. The molecule has 13 heavy (non-hydrogen) atoms. The van der Waals surface area contributed by atoms with Gasteiger partial charge in [-0.2, -0.15) is 0 Å². The SMILES string of the molecule is CCOC1C2CCC1C1CC=CC12. The van der Waals surface area contributed by atoms with E-state index in [-0.39, 0.29) is 0 Å². The van der Waals surface area contributed by atoms with Gasteiger partial charge in [0.15, 0.2) is 0 Å². The largest absolute Gasteiger partial charge is 0.378 e. The maximum absolute atomic E-state index is 5.89. The Morgan fingerprint density at radius 3 is 2.85 bits per heavy atom. The summed E-state index contributed by atoms with van der Waals surface area (Å²) in [6.07, 6.45) is 9.64. The lowest BCUT2D eigenvalue weighted by Gasteiger charge is -2.22. The maximum atomic E-state index is 5.89. The molecule has 0 amide bonds. The number of hydrogen-bond donors (Lipinski definition) is 0. The van der Waals surface area contributed by atoms with E-state index >= 15 is 0 Å². The second kappa shape index (κ2) is 2.84. The molecule has 3 aliphatic carbocycles. The third kappa shape index (κ3) is 0.969. The predicted octanol–water partition coefficient (Wildman–Crippen LogP) is 2.62. The van der Waals surface area contributed by atoms with Gasteiger partial charge in [-0.05, 0) is 49.9 Å². The number of fused-ring (bicyclic) bond motifs is 5. The molecule has 5 atom stereocenters. The highest BCUT2D eigenvalue weighted by molar-refractivity contribution is 5.15. The van der Waals surface area contributed by atoms with E-state index in [0.717, 1.165) is 30.3 Å². The zero-order valence-electron chi connectivity index (χ0n) is 8.28. The number of allylic oxidation sites excluding steroid dienone is 2. The first kappa shape index (κ1) is 8.05. The van der Waals surface area contributed by atoms with Crippen molar-refractivity contribution in [1.29, 1.82) is 0 Å². The fourth-order valence-corrected chi connectivity index (χ4v) is 3.95. The fourth-order valence-electron chi connectivity index (χ4n) is 3.95. The van der Waals surface area contributed by atoms with Crippen LogP contribution in [0.1, 0.15) is 26.2 Å². The summed E-state index contributed by atoms with van der Waals surface area (Å²) < 4.78 is 5.89. The first-order valence-corrected chi connectivity index (χ1v) is 5.70. The van der Waals surface area contributed by atoms with Gasteiger partial charge in [0.05, 0.1) is 6.10 Å². The van der Waals surface area contributed by atoms with E-state index in [1.807, 2.05) is 0 Å². The molecule has 3 aliphatic rings. The Kier molecular flexibility index (Phi) is 1.76. The van der Waals surface area contributed by atoms with E-state index in [2.05, 4.69) is 19.1 Å². The summed E-state index contributed by atoms with van der Waals surface area (Å²) in [6, 6.07) is 0. The van der Waals surface area contributed by atoms with E-state index in [1.165, 1.54) is 19.3 Å². The molecule has 72 valence electrons. The van der Waals surface area contributed by atoms with Crippen LogP contribution in [-0.2, 0) is 4.74 Å². The van der Waals surface area contributed by atoms with Crippen LogP contribution in [0.2, 0.25) is 0 Å². The van der Waals surface area contributed by atoms with Gasteiger partial charge in [-0.3, -0.25) is 0 Å². The molecule has 0 radical (unpaired) electrons. The molecule has 3 rings (SSSR count). The van der Waals surface area contributed by atoms with Crippen LogP contribution in [0, 0.1) is 23.7 Å². The lowest BCUT2D eigenvalue weighted by atomic mass is 9.82. The summed E-state index contributed by atoms with van der Waals surface area (Å²) >= 11 is 0. The van der Waals surface area contributed by atoms with Gasteiger partial charge in [0.25, 0.3) is 0 Å². The Hall–Kier alpha value is -0.300. The van der Waals surface area contributed by atoms with Crippen LogP contribution in [-0.4, -0.2) is 12.7 Å². The van der Waals surface area contributed by atoms with Gasteiger partial charge in [-0.1, -0.05) is 12.2 Å². The van der Waals surface area contributed by atoms with Crippen LogP contribution in [0.25, 0.3) is 0 Å². The van der Waals surface area contributed by atoms with E-state index in [4.69, 9.17) is 4.74 Å². The Balaban J connectivity index is 1.83. The molecule has 2 bridgehead atoms. The molecule has 0 aromatic carbocycles. The van der Waals surface area contributed by atoms with Crippen LogP contribution >= 0.6 is 0 Å². The highest BCUT2D eigenvalue weighted by Gasteiger charge is 2.54. The minimum absolute atomic E-state index is 0.616. The van der Waals surface area contributed by atoms with Gasteiger partial charge in [0.2, 0.25) is 0 Å². The summed E-state index contributed by atoms with van der Waals surface area (Å²) in [5.41, 5.74) is 0. The van der Waals surface area contributed by atoms with Crippen molar-refractivity contribution in [2.45, 2.75) is 32.3 Å². The molecule has 5 unspecified atom stereocenters. The molecule has 1 nitrogen and oxygen atoms in total. The second-order valence-electron chi connectivity index (χ2n) is 4.73. The first-order valence-electron chi connectivity index (χ1n) is 5.70. The van der Waals surface area contributed by atoms with Gasteiger partial charge in [0, 0.05) is 6.61 Å². The molecule has 0 N–H and O–H groups in total. The standard InChI is InChI=1S/C12H18O/c1-2-13-12-10-6-7-11(12)9-5-3-4-8(9)10/h3-4,8-12H,2,5-7H2,1H3. The Bertz CT molecular complexity index is 233. The maximum Gasteiger partial charge on any atom is 0.0639 e. The second-order valence-corrected chi connectivity index (χ2v) is 4.73. The molecule has 2 fully saturated rings. The van der Waals surface area contributed by atoms with Gasteiger partial charge < -0.3 is 4.74 Å². The van der Waals surface area contributed by atoms with E-state index in [9.17, 15) is 0 Å². The molecule has 0 heterocycles. The Morgan fingerprint density at radius 2 is 2.08 bits per heavy atom. The molecule has 0 spiro atoms. The van der Waals surface area contributed by atoms with Crippen molar-refractivity contribution >= 4 is 0 Å². The van der Waals surface area contributed by atoms with E-state index in [1.54, 1.807) is 0 Å². The average molecular weight is 178 g/mol. The van der Waals surface area contributed by atoms with Crippen LogP contribution in [0.15, 0.2) is 12.2 Å². The number of rotatable bonds is 2. The molecule has 0 aromatic heterocycles. The fraction of sp³-hybridized carbons (Fsp3) is 0.833. The van der Waals surface area contributed by atoms with E-state index < -0.39 is 0 Å². The third-order valence-electron chi connectivity index (χ3n) is 4.34. The molecular formula is C12H18O. The topological polar surface area (TPSA) is 9.23 Å². The van der Waals surface area contributed by atoms with Crippen molar-refractivity contribution < 1.29 is 4.74 Å². The smallest absolute Gasteiger partial charge is 0.0639 e. The van der Waals surface area contributed by atoms with Crippen molar-refractivity contribution in [1.82, 2.24) is 0 Å². The lowest BCUT2D eigenvalue weighted by molar-refractivity contribution is 0.0255. The van der Waals surface area contributed by atoms with Crippen LogP contribution in [0.4, 0.5) is 0 Å². The summed E-state index contributed by atoms with van der Waals surface area (Å²) in [5.74, 6) is 3.60. The molecule has 0 aliphatic heterocycles. The third-order valence-corrected chi connectivity index (χ3v) is 4.34. The highest BCUT2D eigenvalue weighted by Crippen LogP contribution is 2.57. The monoisotopic (exact) mass is 178 g/mol. The van der Waals surface area contributed by atoms with E-state index in [0.29, 0.717) is 6.10 Å². The highest BCUT2D eigenvalue weighted by atomic mass is 16.5. The zero-order valence-corrected chi connectivity index (χ0v) is 8.28. The summed E-state index contributed by atoms with van der Waals surface area (Å²) in [4.78, 5) is 0. The van der Waals surface area contributed by atoms with Crippen molar-refractivity contribution in [2.24, 2.45) is 23.7 Å². The predicted molar refractivity (Wildman–Crippen MR) is 52.4 cm³/mol. The molecule has 1 heteroatoms. The van der Waals surface area contributed by atoms with Gasteiger partial charge in [-0.15, -0.1) is 0 Å². The molecule has 2 saturated carbocycles. The van der Waals surface area contributed by atoms with Gasteiger partial charge in [0.1, 0.15) is 0 Å². The number of hydrogen-bond acceptors (Lipinski definition) is 1. The van der Waals surface area contributed by atoms with Crippen molar-refractivity contribution in [3.05, 3.63) is 12.2 Å². The lowest BCUT2D eigenvalue weighted by Crippen LogP contribution is -2.20. The quantitative estimate of drug-likeness (QED) is 0.591. The summed E-state index contributed by atoms with van der Waals surface area (Å²) in [6.45, 7) is 3.03. The summed E-state index contributed by atoms with van der Waals surface area (Å²) in [5, 5.41) is 0. The minimum Gasteiger partial charge on any atom is -0.378 e. The molecule has 0 aromatic rings. The van der Waals surface area contributed by atoms with Crippen molar-refractivity contribution in [3.63, 3.8) is 0 Å². The number of ether oxygens (including phenoxy) is 1. The van der Waals surface area contributed by atoms with Gasteiger partial charge >= 0.3 is 0 Å². The minimum atomic E-state index is 0.616. The Morgan fingerprint density at radius 1 is 1.23 bits per heavy atom. The molecule has 0 saturated heterocycles.